The van der Waals surface area contributed by atoms with E-state index in [-0.39, 0.29) is 0 Å². The number of hydrogen-bond acceptors (Lipinski definition) is 3. The molecule has 2 aromatic rings. The summed E-state index contributed by atoms with van der Waals surface area (Å²) in [5.74, 6) is 1.66. The van der Waals surface area contributed by atoms with E-state index in [2.05, 4.69) is 42.6 Å². The van der Waals surface area contributed by atoms with Gasteiger partial charge < -0.3 is 9.64 Å². The maximum Gasteiger partial charge on any atom is 0.164 e. The van der Waals surface area contributed by atoms with E-state index in [1.54, 1.807) is 42.9 Å². The first-order valence-corrected chi connectivity index (χ1v) is 8.53. The lowest BCUT2D eigenvalue weighted by atomic mass is 10.2. The van der Waals surface area contributed by atoms with Gasteiger partial charge in [-0.15, -0.1) is 0 Å². The predicted molar refractivity (Wildman–Crippen MR) is 101 cm³/mol. The van der Waals surface area contributed by atoms with Crippen molar-refractivity contribution in [2.24, 2.45) is 4.99 Å². The van der Waals surface area contributed by atoms with Crippen molar-refractivity contribution in [3.63, 3.8) is 0 Å². The number of aromatic nitrogens is 1. The minimum atomic E-state index is 0.358. The summed E-state index contributed by atoms with van der Waals surface area (Å²) < 4.78 is 5.71. The van der Waals surface area contributed by atoms with Gasteiger partial charge >= 0.3 is 0 Å². The molecule has 1 aromatic carbocycles. The molecule has 0 bridgehead atoms. The minimum absolute atomic E-state index is 0.358. The third kappa shape index (κ3) is 5.11. The highest BCUT2D eigenvalue weighted by Gasteiger charge is 2.10. The molecule has 0 radical (unpaired) electrons. The fraction of sp³-hybridized carbons (Fsp3) is 0.333. The van der Waals surface area contributed by atoms with E-state index in [0.29, 0.717) is 39.4 Å². The zero-order chi connectivity index (χ0) is 17.7. The lowest BCUT2D eigenvalue weighted by Crippen LogP contribution is -2.35. The van der Waals surface area contributed by atoms with Crippen LogP contribution < -0.4 is 4.74 Å². The van der Waals surface area contributed by atoms with Crippen LogP contribution in [0.3, 0.4) is 0 Å². The fourth-order valence-corrected chi connectivity index (χ4v) is 2.48. The van der Waals surface area contributed by atoms with Gasteiger partial charge in [0.2, 0.25) is 0 Å². The molecule has 4 nitrogen and oxygen atoms in total. The zero-order valence-electron chi connectivity index (χ0n) is 14.2. The van der Waals surface area contributed by atoms with Gasteiger partial charge in [-0.2, -0.15) is 0 Å². The van der Waals surface area contributed by atoms with Crippen LogP contribution in [0, 0.1) is 0 Å². The van der Waals surface area contributed by atoms with Gasteiger partial charge in [-0.05, 0) is 52.0 Å². The average molecular weight is 366 g/mol. The lowest BCUT2D eigenvalue weighted by Gasteiger charge is -2.27. The highest BCUT2D eigenvalue weighted by molar-refractivity contribution is 6.32. The third-order valence-electron chi connectivity index (χ3n) is 3.36. The van der Waals surface area contributed by atoms with E-state index in [1.165, 1.54) is 0 Å². The number of nitrogens with zero attached hydrogens (tertiary/aromatic N) is 3. The van der Waals surface area contributed by atoms with Gasteiger partial charge in [0.05, 0.1) is 17.6 Å². The van der Waals surface area contributed by atoms with Crippen LogP contribution in [0.5, 0.6) is 11.5 Å². The number of pyridine rings is 1. The molecular weight excluding hydrogens is 345 g/mol. The lowest BCUT2D eigenvalue weighted by molar-refractivity contribution is 0.301. The molecule has 0 fully saturated rings. The van der Waals surface area contributed by atoms with E-state index >= 15 is 0 Å². The summed E-state index contributed by atoms with van der Waals surface area (Å²) in [5.41, 5.74) is 0. The molecular formula is C18H21Cl2N3O. The quantitative estimate of drug-likeness (QED) is 0.468. The number of halogens is 2. The summed E-state index contributed by atoms with van der Waals surface area (Å²) in [5, 5.41) is 1.10. The molecule has 1 heterocycles. The van der Waals surface area contributed by atoms with Crippen molar-refractivity contribution in [3.05, 3.63) is 46.6 Å². The number of aliphatic imine (C=N–C) groups is 1. The molecule has 0 saturated heterocycles. The summed E-state index contributed by atoms with van der Waals surface area (Å²) in [6.45, 7) is 8.48. The maximum atomic E-state index is 6.27. The molecule has 2 rings (SSSR count). The van der Waals surface area contributed by atoms with Crippen LogP contribution in [0.15, 0.2) is 41.5 Å². The van der Waals surface area contributed by atoms with Gasteiger partial charge in [-0.1, -0.05) is 23.2 Å². The Morgan fingerprint density at radius 3 is 2.25 bits per heavy atom. The molecule has 0 atom stereocenters. The molecule has 0 amide bonds. The molecule has 1 aromatic heterocycles. The molecule has 0 spiro atoms. The minimum Gasteiger partial charge on any atom is -0.454 e. The van der Waals surface area contributed by atoms with E-state index in [9.17, 15) is 0 Å². The average Bonchev–Trinajstić information content (AvgIpc) is 2.51. The van der Waals surface area contributed by atoms with Crippen LogP contribution in [-0.4, -0.2) is 28.3 Å². The second-order valence-electron chi connectivity index (χ2n) is 5.91. The number of benzene rings is 1. The van der Waals surface area contributed by atoms with Crippen LogP contribution in [0.1, 0.15) is 27.7 Å². The molecule has 128 valence electrons. The van der Waals surface area contributed by atoms with Crippen molar-refractivity contribution in [1.29, 1.82) is 0 Å². The first-order chi connectivity index (χ1) is 11.4. The molecule has 0 aliphatic carbocycles. The van der Waals surface area contributed by atoms with Crippen molar-refractivity contribution >= 4 is 35.4 Å². The Balaban J connectivity index is 2.13. The van der Waals surface area contributed by atoms with Crippen LogP contribution in [-0.2, 0) is 0 Å². The van der Waals surface area contributed by atoms with Gasteiger partial charge in [-0.25, -0.2) is 9.98 Å². The van der Waals surface area contributed by atoms with Crippen LogP contribution in [0.2, 0.25) is 10.0 Å². The van der Waals surface area contributed by atoms with Crippen LogP contribution in [0.25, 0.3) is 0 Å². The van der Waals surface area contributed by atoms with Crippen molar-refractivity contribution in [2.45, 2.75) is 39.8 Å². The Hall–Kier alpha value is -1.78. The highest BCUT2D eigenvalue weighted by Crippen LogP contribution is 2.31. The molecule has 0 aliphatic rings. The fourth-order valence-electron chi connectivity index (χ4n) is 2.17. The number of ether oxygens (including phenoxy) is 1. The number of rotatable bonds is 6. The Kier molecular flexibility index (Phi) is 6.46. The Morgan fingerprint density at radius 2 is 1.71 bits per heavy atom. The second-order valence-corrected chi connectivity index (χ2v) is 6.75. The van der Waals surface area contributed by atoms with Gasteiger partial charge in [0.25, 0.3) is 0 Å². The second kappa shape index (κ2) is 8.36. The molecule has 0 N–H and O–H groups in total. The summed E-state index contributed by atoms with van der Waals surface area (Å²) in [7, 11) is 0. The Labute approximate surface area is 153 Å². The normalized spacial score (nSPS) is 11.5. The monoisotopic (exact) mass is 365 g/mol. The van der Waals surface area contributed by atoms with E-state index < -0.39 is 0 Å². The summed E-state index contributed by atoms with van der Waals surface area (Å²) in [6.07, 6.45) is 3.37. The molecule has 6 heteroatoms. The topological polar surface area (TPSA) is 37.7 Å². The molecule has 0 saturated carbocycles. The van der Waals surface area contributed by atoms with Crippen LogP contribution in [0.4, 0.5) is 5.82 Å². The van der Waals surface area contributed by atoms with Crippen molar-refractivity contribution in [2.75, 3.05) is 0 Å². The van der Waals surface area contributed by atoms with Gasteiger partial charge in [0.1, 0.15) is 5.75 Å². The smallest absolute Gasteiger partial charge is 0.164 e. The zero-order valence-corrected chi connectivity index (χ0v) is 15.7. The van der Waals surface area contributed by atoms with Gasteiger partial charge in [-0.3, -0.25) is 0 Å². The number of hydrogen-bond donors (Lipinski definition) is 0. The molecule has 0 aliphatic heterocycles. The largest absolute Gasteiger partial charge is 0.454 e. The summed E-state index contributed by atoms with van der Waals surface area (Å²) in [6, 6.07) is 9.45. The SMILES string of the molecule is CC(C)N(C=Nc1cc(Cl)c(Oc2ccc(Cl)cc2)cn1)C(C)C. The summed E-state index contributed by atoms with van der Waals surface area (Å²) >= 11 is 12.1. The van der Waals surface area contributed by atoms with Crippen molar-refractivity contribution in [1.82, 2.24) is 9.88 Å². The standard InChI is InChI=1S/C18H21Cl2N3O/c1-12(2)23(13(3)4)11-22-18-9-16(20)17(10-21-18)24-15-7-5-14(19)6-8-15/h5-13H,1-4H3. The Bertz CT molecular complexity index is 692. The van der Waals surface area contributed by atoms with Gasteiger partial charge in [0, 0.05) is 23.2 Å². The highest BCUT2D eigenvalue weighted by atomic mass is 35.5. The van der Waals surface area contributed by atoms with E-state index in [1.807, 2.05) is 0 Å². The molecule has 24 heavy (non-hydrogen) atoms. The molecule has 0 unspecified atom stereocenters. The van der Waals surface area contributed by atoms with E-state index in [4.69, 9.17) is 27.9 Å². The van der Waals surface area contributed by atoms with Crippen molar-refractivity contribution in [3.8, 4) is 11.5 Å². The first-order valence-electron chi connectivity index (χ1n) is 7.77. The van der Waals surface area contributed by atoms with Crippen LogP contribution >= 0.6 is 23.2 Å². The van der Waals surface area contributed by atoms with Crippen molar-refractivity contribution < 1.29 is 4.74 Å². The Morgan fingerprint density at radius 1 is 1.08 bits per heavy atom. The van der Waals surface area contributed by atoms with E-state index in [0.717, 1.165) is 0 Å². The third-order valence-corrected chi connectivity index (χ3v) is 3.91. The summed E-state index contributed by atoms with van der Waals surface area (Å²) in [4.78, 5) is 10.8. The first kappa shape index (κ1) is 18.6. The predicted octanol–water partition coefficient (Wildman–Crippen LogP) is 5.96. The maximum absolute atomic E-state index is 6.27. The van der Waals surface area contributed by atoms with Gasteiger partial charge in [0.15, 0.2) is 11.6 Å².